The van der Waals surface area contributed by atoms with E-state index >= 15 is 0 Å². The van der Waals surface area contributed by atoms with E-state index in [0.29, 0.717) is 0 Å². The van der Waals surface area contributed by atoms with Crippen LogP contribution >= 0.6 is 27.5 Å². The monoisotopic (exact) mass is 337 g/mol. The number of aryl methyl sites for hydroxylation is 1. The highest BCUT2D eigenvalue weighted by Gasteiger charge is 2.14. The molecule has 0 aliphatic heterocycles. The van der Waals surface area contributed by atoms with Gasteiger partial charge in [-0.1, -0.05) is 53.6 Å². The van der Waals surface area contributed by atoms with E-state index in [2.05, 4.69) is 58.5 Å². The summed E-state index contributed by atoms with van der Waals surface area (Å²) in [5, 5.41) is 4.13. The minimum atomic E-state index is 0.215. The van der Waals surface area contributed by atoms with E-state index in [9.17, 15) is 0 Å². The van der Waals surface area contributed by atoms with Crippen LogP contribution in [0.25, 0.3) is 0 Å². The SMILES string of the molecule is CNC(Cc1ccc(C)cc1)c1cccc(Br)c1Cl. The quantitative estimate of drug-likeness (QED) is 0.835. The molecule has 1 nitrogen and oxygen atoms in total. The van der Waals surface area contributed by atoms with Crippen molar-refractivity contribution >= 4 is 27.5 Å². The van der Waals surface area contributed by atoms with Gasteiger partial charge in [-0.3, -0.25) is 0 Å². The van der Waals surface area contributed by atoms with Gasteiger partial charge in [-0.25, -0.2) is 0 Å². The van der Waals surface area contributed by atoms with Crippen LogP contribution in [0, 0.1) is 6.92 Å². The van der Waals surface area contributed by atoms with E-state index in [-0.39, 0.29) is 6.04 Å². The zero-order chi connectivity index (χ0) is 13.8. The van der Waals surface area contributed by atoms with Crippen LogP contribution in [-0.4, -0.2) is 7.05 Å². The van der Waals surface area contributed by atoms with Gasteiger partial charge in [-0.05, 0) is 53.5 Å². The molecule has 1 atom stereocenters. The molecule has 2 rings (SSSR count). The van der Waals surface area contributed by atoms with Crippen molar-refractivity contribution in [1.82, 2.24) is 5.32 Å². The lowest BCUT2D eigenvalue weighted by Gasteiger charge is -2.19. The van der Waals surface area contributed by atoms with Crippen LogP contribution in [-0.2, 0) is 6.42 Å². The highest BCUT2D eigenvalue weighted by atomic mass is 79.9. The van der Waals surface area contributed by atoms with Gasteiger partial charge in [0.25, 0.3) is 0 Å². The van der Waals surface area contributed by atoms with Gasteiger partial charge in [0.1, 0.15) is 0 Å². The van der Waals surface area contributed by atoms with E-state index in [1.165, 1.54) is 11.1 Å². The molecular weight excluding hydrogens is 322 g/mol. The Morgan fingerprint density at radius 2 is 1.84 bits per heavy atom. The third-order valence-electron chi connectivity index (χ3n) is 3.27. The second-order valence-corrected chi connectivity index (χ2v) is 5.91. The summed E-state index contributed by atoms with van der Waals surface area (Å²) in [6, 6.07) is 14.9. The van der Waals surface area contributed by atoms with Crippen molar-refractivity contribution in [2.45, 2.75) is 19.4 Å². The van der Waals surface area contributed by atoms with Crippen molar-refractivity contribution < 1.29 is 0 Å². The topological polar surface area (TPSA) is 12.0 Å². The molecule has 1 N–H and O–H groups in total. The molecule has 0 saturated heterocycles. The fourth-order valence-corrected chi connectivity index (χ4v) is 2.76. The van der Waals surface area contributed by atoms with Crippen LogP contribution < -0.4 is 5.32 Å². The first-order chi connectivity index (χ1) is 9.11. The summed E-state index contributed by atoms with van der Waals surface area (Å²) >= 11 is 9.85. The van der Waals surface area contributed by atoms with Crippen molar-refractivity contribution in [2.75, 3.05) is 7.05 Å². The van der Waals surface area contributed by atoms with E-state index in [0.717, 1.165) is 21.5 Å². The number of likely N-dealkylation sites (N-methyl/N-ethyl adjacent to an activating group) is 1. The van der Waals surface area contributed by atoms with E-state index in [4.69, 9.17) is 11.6 Å². The van der Waals surface area contributed by atoms with Gasteiger partial charge in [-0.15, -0.1) is 0 Å². The maximum Gasteiger partial charge on any atom is 0.0595 e. The van der Waals surface area contributed by atoms with Crippen LogP contribution in [0.1, 0.15) is 22.7 Å². The highest BCUT2D eigenvalue weighted by Crippen LogP contribution is 2.31. The number of hydrogen-bond donors (Lipinski definition) is 1. The van der Waals surface area contributed by atoms with Crippen LogP contribution in [0.4, 0.5) is 0 Å². The molecule has 0 heterocycles. The minimum Gasteiger partial charge on any atom is -0.313 e. The molecule has 0 radical (unpaired) electrons. The summed E-state index contributed by atoms with van der Waals surface area (Å²) in [4.78, 5) is 0. The summed E-state index contributed by atoms with van der Waals surface area (Å²) in [5.74, 6) is 0. The van der Waals surface area contributed by atoms with Crippen molar-refractivity contribution in [3.63, 3.8) is 0 Å². The van der Waals surface area contributed by atoms with Crippen molar-refractivity contribution in [1.29, 1.82) is 0 Å². The first kappa shape index (κ1) is 14.6. The predicted molar refractivity (Wildman–Crippen MR) is 85.8 cm³/mol. The fourth-order valence-electron chi connectivity index (χ4n) is 2.12. The summed E-state index contributed by atoms with van der Waals surface area (Å²) in [6.45, 7) is 2.10. The maximum absolute atomic E-state index is 6.37. The molecule has 0 amide bonds. The number of benzene rings is 2. The summed E-state index contributed by atoms with van der Waals surface area (Å²) < 4.78 is 0.941. The van der Waals surface area contributed by atoms with Crippen LogP contribution in [0.5, 0.6) is 0 Å². The average molecular weight is 339 g/mol. The Hall–Kier alpha value is -0.830. The van der Waals surface area contributed by atoms with Gasteiger partial charge in [0.05, 0.1) is 5.02 Å². The zero-order valence-electron chi connectivity index (χ0n) is 11.1. The van der Waals surface area contributed by atoms with Gasteiger partial charge in [0.2, 0.25) is 0 Å². The van der Waals surface area contributed by atoms with Gasteiger partial charge >= 0.3 is 0 Å². The summed E-state index contributed by atoms with van der Waals surface area (Å²) in [6.07, 6.45) is 0.924. The molecule has 19 heavy (non-hydrogen) atoms. The van der Waals surface area contributed by atoms with Crippen molar-refractivity contribution in [3.8, 4) is 0 Å². The Balaban J connectivity index is 2.25. The Morgan fingerprint density at radius 3 is 2.47 bits per heavy atom. The third-order valence-corrected chi connectivity index (χ3v) is 4.58. The molecule has 3 heteroatoms. The first-order valence-corrected chi connectivity index (χ1v) is 7.45. The van der Waals surface area contributed by atoms with E-state index in [1.54, 1.807) is 0 Å². The summed E-state index contributed by atoms with van der Waals surface area (Å²) in [5.41, 5.74) is 3.71. The maximum atomic E-state index is 6.37. The van der Waals surface area contributed by atoms with Gasteiger partial charge in [-0.2, -0.15) is 0 Å². The molecule has 0 fully saturated rings. The highest BCUT2D eigenvalue weighted by molar-refractivity contribution is 9.10. The number of halogens is 2. The largest absolute Gasteiger partial charge is 0.313 e. The first-order valence-electron chi connectivity index (χ1n) is 6.28. The standard InChI is InChI=1S/C16H17BrClN/c1-11-6-8-12(9-7-11)10-15(19-2)13-4-3-5-14(17)16(13)18/h3-9,15,19H,10H2,1-2H3. The lowest BCUT2D eigenvalue weighted by Crippen LogP contribution is -2.19. The average Bonchev–Trinajstić information content (AvgIpc) is 2.42. The second kappa shape index (κ2) is 6.56. The van der Waals surface area contributed by atoms with Gasteiger partial charge in [0.15, 0.2) is 0 Å². The summed E-state index contributed by atoms with van der Waals surface area (Å²) in [7, 11) is 1.97. The minimum absolute atomic E-state index is 0.215. The van der Waals surface area contributed by atoms with Gasteiger partial charge in [0, 0.05) is 10.5 Å². The fraction of sp³-hybridized carbons (Fsp3) is 0.250. The Bertz CT molecular complexity index is 551. The van der Waals surface area contributed by atoms with E-state index < -0.39 is 0 Å². The molecule has 2 aromatic carbocycles. The molecule has 0 aliphatic rings. The molecule has 2 aromatic rings. The van der Waals surface area contributed by atoms with Crippen molar-refractivity contribution in [3.05, 3.63) is 68.7 Å². The lowest BCUT2D eigenvalue weighted by atomic mass is 9.98. The molecule has 0 aliphatic carbocycles. The van der Waals surface area contributed by atoms with E-state index in [1.807, 2.05) is 19.2 Å². The van der Waals surface area contributed by atoms with Crippen LogP contribution in [0.2, 0.25) is 5.02 Å². The molecular formula is C16H17BrClN. The predicted octanol–water partition coefficient (Wildman–Crippen LogP) is 4.91. The number of hydrogen-bond acceptors (Lipinski definition) is 1. The zero-order valence-corrected chi connectivity index (χ0v) is 13.4. The molecule has 1 unspecified atom stereocenters. The number of rotatable bonds is 4. The Labute approximate surface area is 128 Å². The van der Waals surface area contributed by atoms with Crippen LogP contribution in [0.15, 0.2) is 46.9 Å². The van der Waals surface area contributed by atoms with Crippen LogP contribution in [0.3, 0.4) is 0 Å². The molecule has 0 bridgehead atoms. The Kier molecular flexibility index (Phi) is 5.03. The molecule has 0 aromatic heterocycles. The second-order valence-electron chi connectivity index (χ2n) is 4.67. The number of nitrogens with one attached hydrogen (secondary N) is 1. The third kappa shape index (κ3) is 3.59. The molecule has 100 valence electrons. The Morgan fingerprint density at radius 1 is 1.16 bits per heavy atom. The van der Waals surface area contributed by atoms with Crippen molar-refractivity contribution in [2.24, 2.45) is 0 Å². The normalized spacial score (nSPS) is 12.4. The lowest BCUT2D eigenvalue weighted by molar-refractivity contribution is 0.592. The molecule has 0 spiro atoms. The van der Waals surface area contributed by atoms with Gasteiger partial charge < -0.3 is 5.32 Å². The smallest absolute Gasteiger partial charge is 0.0595 e. The molecule has 0 saturated carbocycles.